The molecule has 0 bridgehead atoms. The van der Waals surface area contributed by atoms with Crippen LogP contribution in [0.15, 0.2) is 30.5 Å². The second-order valence-electron chi connectivity index (χ2n) is 5.04. The van der Waals surface area contributed by atoms with Gasteiger partial charge in [-0.1, -0.05) is 17.7 Å². The van der Waals surface area contributed by atoms with Crippen molar-refractivity contribution in [2.24, 2.45) is 0 Å². The number of amides is 1. The minimum absolute atomic E-state index is 0.0486. The Hall–Kier alpha value is -1.59. The van der Waals surface area contributed by atoms with E-state index in [9.17, 15) is 4.79 Å². The first-order chi connectivity index (χ1) is 10.1. The lowest BCUT2D eigenvalue weighted by molar-refractivity contribution is 0.0747. The van der Waals surface area contributed by atoms with Gasteiger partial charge in [0.2, 0.25) is 0 Å². The summed E-state index contributed by atoms with van der Waals surface area (Å²) >= 11 is 7.64. The lowest BCUT2D eigenvalue weighted by Crippen LogP contribution is -2.48. The molecule has 1 aromatic carbocycles. The van der Waals surface area contributed by atoms with Crippen LogP contribution in [0, 0.1) is 6.92 Å². The van der Waals surface area contributed by atoms with Gasteiger partial charge in [-0.2, -0.15) is 0 Å². The maximum Gasteiger partial charge on any atom is 0.254 e. The normalized spacial score (nSPS) is 15.3. The molecule has 0 saturated carbocycles. The summed E-state index contributed by atoms with van der Waals surface area (Å²) in [5, 5.41) is 1.64. The summed E-state index contributed by atoms with van der Waals surface area (Å²) in [6.07, 6.45) is 1.89. The van der Waals surface area contributed by atoms with Gasteiger partial charge in [-0.25, -0.2) is 4.98 Å². The van der Waals surface area contributed by atoms with Gasteiger partial charge >= 0.3 is 0 Å². The smallest absolute Gasteiger partial charge is 0.254 e. The van der Waals surface area contributed by atoms with Gasteiger partial charge in [0.1, 0.15) is 0 Å². The summed E-state index contributed by atoms with van der Waals surface area (Å²) in [5.41, 5.74) is 0.654. The van der Waals surface area contributed by atoms with E-state index in [1.807, 2.05) is 23.2 Å². The van der Waals surface area contributed by atoms with Crippen LogP contribution in [-0.2, 0) is 0 Å². The number of carbonyl (C=O) groups is 1. The zero-order valence-electron chi connectivity index (χ0n) is 11.8. The van der Waals surface area contributed by atoms with Crippen LogP contribution in [0.5, 0.6) is 0 Å². The highest BCUT2D eigenvalue weighted by Crippen LogP contribution is 2.23. The van der Waals surface area contributed by atoms with Crippen molar-refractivity contribution in [3.05, 3.63) is 45.9 Å². The van der Waals surface area contributed by atoms with E-state index in [1.54, 1.807) is 23.5 Å². The first kappa shape index (κ1) is 14.4. The molecular formula is C15H16ClN3OS. The summed E-state index contributed by atoms with van der Waals surface area (Å²) in [6.45, 7) is 5.12. The Morgan fingerprint density at radius 3 is 2.67 bits per heavy atom. The molecule has 1 fully saturated rings. The van der Waals surface area contributed by atoms with Crippen LogP contribution in [0.4, 0.5) is 5.13 Å². The largest absolute Gasteiger partial charge is 0.345 e. The average Bonchev–Trinajstić information content (AvgIpc) is 2.93. The molecule has 2 aromatic rings. The van der Waals surface area contributed by atoms with Crippen molar-refractivity contribution in [1.29, 1.82) is 0 Å². The number of carbonyl (C=O) groups excluding carboxylic acids is 1. The minimum atomic E-state index is 0.0486. The van der Waals surface area contributed by atoms with Gasteiger partial charge in [0.05, 0.1) is 0 Å². The molecule has 1 aliphatic rings. The lowest BCUT2D eigenvalue weighted by Gasteiger charge is -2.34. The molecule has 1 aliphatic heterocycles. The summed E-state index contributed by atoms with van der Waals surface area (Å²) in [4.78, 5) is 22.2. The highest BCUT2D eigenvalue weighted by molar-refractivity contribution is 7.15. The van der Waals surface area contributed by atoms with Gasteiger partial charge in [-0.05, 0) is 25.1 Å². The third-order valence-electron chi connectivity index (χ3n) is 3.52. The molecule has 6 heteroatoms. The fraction of sp³-hybridized carbons (Fsp3) is 0.333. The Labute approximate surface area is 133 Å². The fourth-order valence-electron chi connectivity index (χ4n) is 2.39. The quantitative estimate of drug-likeness (QED) is 0.853. The standard InChI is InChI=1S/C15H16ClN3OS/c1-11-10-17-15(21-11)19-7-5-18(6-8-19)14(20)12-3-2-4-13(16)9-12/h2-4,9-10H,5-8H2,1H3. The van der Waals surface area contributed by atoms with Gasteiger partial charge < -0.3 is 9.80 Å². The molecule has 21 heavy (non-hydrogen) atoms. The Kier molecular flexibility index (Phi) is 4.12. The second kappa shape index (κ2) is 6.03. The number of halogens is 1. The van der Waals surface area contributed by atoms with E-state index in [0.29, 0.717) is 23.7 Å². The van der Waals surface area contributed by atoms with Gasteiger partial charge in [-0.3, -0.25) is 4.79 Å². The first-order valence-electron chi connectivity index (χ1n) is 6.86. The number of aromatic nitrogens is 1. The minimum Gasteiger partial charge on any atom is -0.345 e. The van der Waals surface area contributed by atoms with Crippen LogP contribution >= 0.6 is 22.9 Å². The number of nitrogens with zero attached hydrogens (tertiary/aromatic N) is 3. The SMILES string of the molecule is Cc1cnc(N2CCN(C(=O)c3cccc(Cl)c3)CC2)s1. The van der Waals surface area contributed by atoms with E-state index in [-0.39, 0.29) is 5.91 Å². The summed E-state index contributed by atoms with van der Waals surface area (Å²) < 4.78 is 0. The van der Waals surface area contributed by atoms with E-state index in [4.69, 9.17) is 11.6 Å². The molecule has 1 saturated heterocycles. The van der Waals surface area contributed by atoms with Gasteiger partial charge in [0.15, 0.2) is 5.13 Å². The number of rotatable bonds is 2. The van der Waals surface area contributed by atoms with Gasteiger partial charge in [0.25, 0.3) is 5.91 Å². The third-order valence-corrected chi connectivity index (χ3v) is 4.73. The first-order valence-corrected chi connectivity index (χ1v) is 8.05. The van der Waals surface area contributed by atoms with Crippen molar-refractivity contribution in [3.8, 4) is 0 Å². The number of thiazole rings is 1. The van der Waals surface area contributed by atoms with Crippen molar-refractivity contribution in [1.82, 2.24) is 9.88 Å². The molecule has 0 aliphatic carbocycles. The van der Waals surface area contributed by atoms with Crippen LogP contribution < -0.4 is 4.90 Å². The number of piperazine rings is 1. The van der Waals surface area contributed by atoms with E-state index in [0.717, 1.165) is 18.2 Å². The maximum absolute atomic E-state index is 12.4. The van der Waals surface area contributed by atoms with Crippen LogP contribution in [0.2, 0.25) is 5.02 Å². The lowest BCUT2D eigenvalue weighted by atomic mass is 10.2. The van der Waals surface area contributed by atoms with Gasteiger partial charge in [0, 0.05) is 47.8 Å². The van der Waals surface area contributed by atoms with Crippen LogP contribution in [0.25, 0.3) is 0 Å². The summed E-state index contributed by atoms with van der Waals surface area (Å²) in [6, 6.07) is 7.12. The molecule has 1 aromatic heterocycles. The summed E-state index contributed by atoms with van der Waals surface area (Å²) in [5.74, 6) is 0.0486. The molecule has 0 unspecified atom stereocenters. The molecule has 110 valence electrons. The molecule has 0 atom stereocenters. The van der Waals surface area contributed by atoms with E-state index >= 15 is 0 Å². The van der Waals surface area contributed by atoms with E-state index in [1.165, 1.54) is 4.88 Å². The van der Waals surface area contributed by atoms with Crippen molar-refractivity contribution >= 4 is 34.0 Å². The number of anilines is 1. The van der Waals surface area contributed by atoms with Crippen molar-refractivity contribution in [3.63, 3.8) is 0 Å². The van der Waals surface area contributed by atoms with Crippen LogP contribution in [0.3, 0.4) is 0 Å². The highest BCUT2D eigenvalue weighted by Gasteiger charge is 2.23. The molecule has 3 rings (SSSR count). The predicted octanol–water partition coefficient (Wildman–Crippen LogP) is 3.07. The molecule has 0 N–H and O–H groups in total. The molecule has 1 amide bonds. The zero-order chi connectivity index (χ0) is 14.8. The monoisotopic (exact) mass is 321 g/mol. The highest BCUT2D eigenvalue weighted by atomic mass is 35.5. The maximum atomic E-state index is 12.4. The number of hydrogen-bond donors (Lipinski definition) is 0. The number of benzene rings is 1. The molecule has 0 spiro atoms. The number of hydrogen-bond acceptors (Lipinski definition) is 4. The Morgan fingerprint density at radius 2 is 2.05 bits per heavy atom. The molecule has 0 radical (unpaired) electrons. The average molecular weight is 322 g/mol. The Morgan fingerprint density at radius 1 is 1.29 bits per heavy atom. The van der Waals surface area contributed by atoms with Crippen molar-refractivity contribution in [2.75, 3.05) is 31.1 Å². The van der Waals surface area contributed by atoms with E-state index in [2.05, 4.69) is 16.8 Å². The summed E-state index contributed by atoms with van der Waals surface area (Å²) in [7, 11) is 0. The predicted molar refractivity (Wildman–Crippen MR) is 86.4 cm³/mol. The second-order valence-corrected chi connectivity index (χ2v) is 6.69. The third kappa shape index (κ3) is 3.19. The fourth-order valence-corrected chi connectivity index (χ4v) is 3.39. The zero-order valence-corrected chi connectivity index (χ0v) is 13.3. The van der Waals surface area contributed by atoms with Crippen LogP contribution in [0.1, 0.15) is 15.2 Å². The number of aryl methyl sites for hydroxylation is 1. The molecular weight excluding hydrogens is 306 g/mol. The topological polar surface area (TPSA) is 36.4 Å². The Balaban J connectivity index is 1.64. The van der Waals surface area contributed by atoms with Crippen molar-refractivity contribution < 1.29 is 4.79 Å². The van der Waals surface area contributed by atoms with Gasteiger partial charge in [-0.15, -0.1) is 11.3 Å². The molecule has 4 nitrogen and oxygen atoms in total. The molecule has 2 heterocycles. The van der Waals surface area contributed by atoms with E-state index < -0.39 is 0 Å². The van der Waals surface area contributed by atoms with Crippen molar-refractivity contribution in [2.45, 2.75) is 6.92 Å². The Bertz CT molecular complexity index is 650. The van der Waals surface area contributed by atoms with Crippen LogP contribution in [-0.4, -0.2) is 42.0 Å².